The highest BCUT2D eigenvalue weighted by Crippen LogP contribution is 2.29. The molecule has 0 fully saturated rings. The lowest BCUT2D eigenvalue weighted by molar-refractivity contribution is -0.556. The smallest absolute Gasteiger partial charge is 0.247 e. The maximum absolute atomic E-state index is 12.7. The predicted molar refractivity (Wildman–Crippen MR) is 79.9 cm³/mol. The highest BCUT2D eigenvalue weighted by Gasteiger charge is 2.30. The Labute approximate surface area is 132 Å². The Morgan fingerprint density at radius 1 is 1.00 bits per heavy atom. The lowest BCUT2D eigenvalue weighted by atomic mass is 10.2. The van der Waals surface area contributed by atoms with Crippen molar-refractivity contribution >= 4 is 16.6 Å². The van der Waals surface area contributed by atoms with E-state index in [9.17, 15) is 18.0 Å². The van der Waals surface area contributed by atoms with Crippen LogP contribution in [0.15, 0.2) is 59.5 Å². The number of aromatic amines is 1. The molecule has 120 valence electrons. The van der Waals surface area contributed by atoms with Gasteiger partial charge in [-0.15, -0.1) is 4.52 Å². The summed E-state index contributed by atoms with van der Waals surface area (Å²) in [6.07, 6.45) is -2.99. The van der Waals surface area contributed by atoms with Crippen LogP contribution in [0, 0.1) is 0 Å². The number of nitrogens with one attached hydrogen (secondary N) is 1. The molecule has 0 saturated carbocycles. The molecule has 0 atom stereocenters. The normalized spacial score (nSPS) is 12.1. The van der Waals surface area contributed by atoms with E-state index in [1.165, 1.54) is 23.0 Å². The molecule has 2 heterocycles. The molecule has 0 aliphatic heterocycles. The van der Waals surface area contributed by atoms with E-state index in [0.717, 1.165) is 12.1 Å². The number of fused-ring (bicyclic) bond motifs is 3. The lowest BCUT2D eigenvalue weighted by Gasteiger charge is -2.05. The highest BCUT2D eigenvalue weighted by molar-refractivity contribution is 5.71. The van der Waals surface area contributed by atoms with Gasteiger partial charge < -0.3 is 0 Å². The average Bonchev–Trinajstić information content (AvgIpc) is 2.92. The van der Waals surface area contributed by atoms with Crippen LogP contribution in [-0.2, 0) is 6.18 Å². The first-order valence-corrected chi connectivity index (χ1v) is 7.03. The van der Waals surface area contributed by atoms with Crippen LogP contribution in [0.2, 0.25) is 0 Å². The van der Waals surface area contributed by atoms with E-state index in [1.54, 1.807) is 16.6 Å². The van der Waals surface area contributed by atoms with Crippen LogP contribution >= 0.6 is 0 Å². The summed E-state index contributed by atoms with van der Waals surface area (Å²) in [5.41, 5.74) is 0.825. The number of rotatable bonds is 1. The third kappa shape index (κ3) is 2.15. The van der Waals surface area contributed by atoms with Crippen molar-refractivity contribution in [2.75, 3.05) is 0 Å². The van der Waals surface area contributed by atoms with Gasteiger partial charge in [0, 0.05) is 0 Å². The Morgan fingerprint density at radius 3 is 2.42 bits per heavy atom. The number of para-hydroxylation sites is 2. The molecule has 4 rings (SSSR count). The summed E-state index contributed by atoms with van der Waals surface area (Å²) in [6.45, 7) is 0. The maximum atomic E-state index is 12.7. The quantitative estimate of drug-likeness (QED) is 0.545. The van der Waals surface area contributed by atoms with Gasteiger partial charge in [-0.05, 0) is 36.4 Å². The molecular formula is C16H10F3N4O+. The standard InChI is InChI=1S/C16H9F3N4O/c17-16(18,19)10-5-7-11(8-6-10)22-15(24)14-9-20-12-3-1-2-4-13(12)23(14)21-22/h1-9H/p+1. The molecule has 0 saturated heterocycles. The number of benzene rings is 2. The largest absolute Gasteiger partial charge is 0.416 e. The van der Waals surface area contributed by atoms with E-state index >= 15 is 0 Å². The molecule has 0 bridgehead atoms. The molecular weight excluding hydrogens is 321 g/mol. The Morgan fingerprint density at radius 2 is 1.71 bits per heavy atom. The minimum atomic E-state index is -4.42. The predicted octanol–water partition coefficient (Wildman–Crippen LogP) is 2.47. The van der Waals surface area contributed by atoms with Crippen molar-refractivity contribution in [1.29, 1.82) is 0 Å². The van der Waals surface area contributed by atoms with E-state index < -0.39 is 17.3 Å². The van der Waals surface area contributed by atoms with E-state index in [4.69, 9.17) is 0 Å². The Balaban J connectivity index is 1.93. The van der Waals surface area contributed by atoms with Gasteiger partial charge >= 0.3 is 11.7 Å². The number of aromatic nitrogens is 4. The van der Waals surface area contributed by atoms with E-state index in [0.29, 0.717) is 22.2 Å². The van der Waals surface area contributed by atoms with Crippen molar-refractivity contribution in [2.45, 2.75) is 6.18 Å². The monoisotopic (exact) mass is 331 g/mol. The second kappa shape index (κ2) is 4.92. The highest BCUT2D eigenvalue weighted by atomic mass is 19.4. The average molecular weight is 331 g/mol. The molecule has 4 aromatic rings. The SMILES string of the molecule is O=c1c2cnc3ccccc3[n+]2[nH]n1-c1ccc(C(F)(F)F)cc1. The zero-order valence-corrected chi connectivity index (χ0v) is 12.1. The lowest BCUT2D eigenvalue weighted by Crippen LogP contribution is -2.26. The first kappa shape index (κ1) is 14.4. The molecule has 8 heteroatoms. The summed E-state index contributed by atoms with van der Waals surface area (Å²) in [4.78, 5) is 16.7. The molecule has 2 aromatic heterocycles. The number of alkyl halides is 3. The van der Waals surface area contributed by atoms with Crippen molar-refractivity contribution in [3.63, 3.8) is 0 Å². The van der Waals surface area contributed by atoms with Crippen LogP contribution in [0.3, 0.4) is 0 Å². The fourth-order valence-corrected chi connectivity index (χ4v) is 2.57. The number of halogens is 3. The summed E-state index contributed by atoms with van der Waals surface area (Å²) in [5, 5.41) is 2.88. The van der Waals surface area contributed by atoms with Gasteiger partial charge in [0.1, 0.15) is 5.52 Å². The van der Waals surface area contributed by atoms with Gasteiger partial charge in [-0.3, -0.25) is 0 Å². The van der Waals surface area contributed by atoms with Gasteiger partial charge in [0.2, 0.25) is 0 Å². The number of nitrogens with zero attached hydrogens (tertiary/aromatic N) is 3. The van der Waals surface area contributed by atoms with Crippen LogP contribution in [0.4, 0.5) is 13.2 Å². The molecule has 0 radical (unpaired) electrons. The first-order chi connectivity index (χ1) is 11.4. The fraction of sp³-hybridized carbons (Fsp3) is 0.0625. The van der Waals surface area contributed by atoms with Gasteiger partial charge in [0.05, 0.1) is 11.8 Å². The van der Waals surface area contributed by atoms with Gasteiger partial charge in [0.15, 0.2) is 11.2 Å². The summed E-state index contributed by atoms with van der Waals surface area (Å²) < 4.78 is 40.7. The molecule has 0 unspecified atom stereocenters. The zero-order valence-electron chi connectivity index (χ0n) is 12.1. The van der Waals surface area contributed by atoms with Crippen molar-refractivity contribution in [3.05, 3.63) is 70.6 Å². The second-order valence-corrected chi connectivity index (χ2v) is 5.25. The van der Waals surface area contributed by atoms with Gasteiger partial charge in [0.25, 0.3) is 5.52 Å². The van der Waals surface area contributed by atoms with Crippen molar-refractivity contribution in [2.24, 2.45) is 0 Å². The fourth-order valence-electron chi connectivity index (χ4n) is 2.57. The number of H-pyrrole nitrogens is 1. The Hall–Kier alpha value is -3.16. The van der Waals surface area contributed by atoms with Crippen LogP contribution in [0.1, 0.15) is 5.56 Å². The van der Waals surface area contributed by atoms with Gasteiger partial charge in [-0.25, -0.2) is 9.78 Å². The van der Waals surface area contributed by atoms with E-state index in [-0.39, 0.29) is 0 Å². The maximum Gasteiger partial charge on any atom is 0.416 e. The number of hydrogen-bond acceptors (Lipinski definition) is 2. The van der Waals surface area contributed by atoms with Crippen LogP contribution in [-0.4, -0.2) is 14.9 Å². The zero-order chi connectivity index (χ0) is 16.9. The summed E-state index contributed by atoms with van der Waals surface area (Å²) >= 11 is 0. The van der Waals surface area contributed by atoms with Gasteiger partial charge in [-0.2, -0.15) is 13.2 Å². The second-order valence-electron chi connectivity index (χ2n) is 5.25. The van der Waals surface area contributed by atoms with E-state index in [1.807, 2.05) is 12.1 Å². The van der Waals surface area contributed by atoms with Crippen molar-refractivity contribution in [1.82, 2.24) is 14.9 Å². The minimum absolute atomic E-state index is 0.300. The minimum Gasteiger partial charge on any atom is -0.247 e. The van der Waals surface area contributed by atoms with Gasteiger partial charge in [-0.1, -0.05) is 22.0 Å². The molecule has 5 nitrogen and oxygen atoms in total. The van der Waals surface area contributed by atoms with E-state index in [2.05, 4.69) is 10.2 Å². The van der Waals surface area contributed by atoms with Crippen LogP contribution in [0.5, 0.6) is 0 Å². The molecule has 0 spiro atoms. The third-order valence-electron chi connectivity index (χ3n) is 3.76. The van der Waals surface area contributed by atoms with Crippen LogP contribution in [0.25, 0.3) is 22.2 Å². The summed E-state index contributed by atoms with van der Waals surface area (Å²) in [5.74, 6) is 0. The molecule has 1 N–H and O–H groups in total. The van der Waals surface area contributed by atoms with Crippen LogP contribution < -0.4 is 10.1 Å². The molecule has 0 aliphatic carbocycles. The van der Waals surface area contributed by atoms with Crippen molar-refractivity contribution < 1.29 is 17.7 Å². The summed E-state index contributed by atoms with van der Waals surface area (Å²) in [7, 11) is 0. The third-order valence-corrected chi connectivity index (χ3v) is 3.76. The first-order valence-electron chi connectivity index (χ1n) is 7.03. The molecule has 0 amide bonds. The molecule has 0 aliphatic rings. The Bertz CT molecular complexity index is 1110. The molecule has 2 aromatic carbocycles. The summed E-state index contributed by atoms with van der Waals surface area (Å²) in [6, 6.07) is 11.6. The molecule has 24 heavy (non-hydrogen) atoms. The van der Waals surface area contributed by atoms with Crippen molar-refractivity contribution in [3.8, 4) is 5.69 Å². The number of hydrogen-bond donors (Lipinski definition) is 1. The Kier molecular flexibility index (Phi) is 2.96. The topological polar surface area (TPSA) is 54.8 Å².